The highest BCUT2D eigenvalue weighted by Gasteiger charge is 2.47. The Labute approximate surface area is 155 Å². The molecule has 1 amide bonds. The van der Waals surface area contributed by atoms with Crippen LogP contribution >= 0.6 is 11.6 Å². The topological polar surface area (TPSA) is 68.1 Å². The molecule has 0 radical (unpaired) electrons. The van der Waals surface area contributed by atoms with Gasteiger partial charge in [-0.1, -0.05) is 11.6 Å². The van der Waals surface area contributed by atoms with Gasteiger partial charge in [0, 0.05) is 35.5 Å². The number of anilines is 1. The van der Waals surface area contributed by atoms with E-state index in [4.69, 9.17) is 11.6 Å². The van der Waals surface area contributed by atoms with Crippen molar-refractivity contribution in [2.75, 3.05) is 23.5 Å². The third kappa shape index (κ3) is 4.61. The first kappa shape index (κ1) is 20.4. The van der Waals surface area contributed by atoms with Crippen molar-refractivity contribution in [2.45, 2.75) is 13.1 Å². The zero-order chi connectivity index (χ0) is 19.5. The summed E-state index contributed by atoms with van der Waals surface area (Å²) in [5.41, 5.74) is 0.574. The Morgan fingerprint density at radius 1 is 1.46 bits per heavy atom. The molecule has 2 rings (SSSR count). The molecule has 0 saturated carbocycles. The van der Waals surface area contributed by atoms with E-state index in [2.05, 4.69) is 10.1 Å². The van der Waals surface area contributed by atoms with Gasteiger partial charge in [-0.15, -0.1) is 0 Å². The van der Waals surface area contributed by atoms with Crippen LogP contribution in [0.25, 0.3) is 5.69 Å². The van der Waals surface area contributed by atoms with Gasteiger partial charge < -0.3 is 4.90 Å². The summed E-state index contributed by atoms with van der Waals surface area (Å²) in [7, 11) is -1.80. The van der Waals surface area contributed by atoms with E-state index in [1.807, 2.05) is 0 Å². The van der Waals surface area contributed by atoms with Gasteiger partial charge in [0.1, 0.15) is 11.6 Å². The first-order valence-electron chi connectivity index (χ1n) is 7.48. The van der Waals surface area contributed by atoms with Crippen LogP contribution in [0.5, 0.6) is 0 Å². The molecule has 0 aromatic carbocycles. The van der Waals surface area contributed by atoms with E-state index < -0.39 is 34.6 Å². The van der Waals surface area contributed by atoms with Crippen molar-refractivity contribution in [1.29, 1.82) is 0 Å². The molecule has 2 heterocycles. The van der Waals surface area contributed by atoms with Crippen LogP contribution in [0.1, 0.15) is 6.92 Å². The number of pyridine rings is 1. The zero-order valence-electron chi connectivity index (χ0n) is 13.9. The monoisotopic (exact) mass is 408 g/mol. The van der Waals surface area contributed by atoms with Gasteiger partial charge in [0.15, 0.2) is 5.15 Å². The summed E-state index contributed by atoms with van der Waals surface area (Å²) in [6, 6.07) is 3.33. The maximum Gasteiger partial charge on any atom is 0.401 e. The van der Waals surface area contributed by atoms with Crippen molar-refractivity contribution < 1.29 is 22.2 Å². The molecule has 0 saturated heterocycles. The van der Waals surface area contributed by atoms with Crippen molar-refractivity contribution in [3.8, 4) is 5.69 Å². The van der Waals surface area contributed by atoms with Crippen molar-refractivity contribution in [2.24, 2.45) is 5.92 Å². The average Bonchev–Trinajstić information content (AvgIpc) is 2.95. The van der Waals surface area contributed by atoms with E-state index in [0.29, 0.717) is 5.69 Å². The van der Waals surface area contributed by atoms with E-state index >= 15 is 0 Å². The molecule has 0 fully saturated rings. The minimum atomic E-state index is -4.82. The second-order valence-electron chi connectivity index (χ2n) is 5.38. The van der Waals surface area contributed by atoms with Crippen LogP contribution in [0.3, 0.4) is 0 Å². The molecule has 0 N–H and O–H groups in total. The number of carbonyl (C=O) groups is 1. The molecule has 2 aromatic heterocycles. The van der Waals surface area contributed by atoms with Gasteiger partial charge in [0.25, 0.3) is 0 Å². The number of aromatic nitrogens is 3. The van der Waals surface area contributed by atoms with Crippen LogP contribution in [0.15, 0.2) is 30.7 Å². The third-order valence-electron chi connectivity index (χ3n) is 3.53. The van der Waals surface area contributed by atoms with Crippen molar-refractivity contribution >= 4 is 34.0 Å². The van der Waals surface area contributed by atoms with E-state index in [9.17, 15) is 22.2 Å². The number of amides is 1. The van der Waals surface area contributed by atoms with Crippen LogP contribution in [-0.4, -0.2) is 49.6 Å². The Hall–Kier alpha value is -1.94. The van der Waals surface area contributed by atoms with Gasteiger partial charge in [-0.3, -0.25) is 14.0 Å². The van der Waals surface area contributed by atoms with Gasteiger partial charge in [0.2, 0.25) is 5.91 Å². The summed E-state index contributed by atoms with van der Waals surface area (Å²) >= 11 is 6.05. The lowest BCUT2D eigenvalue weighted by molar-refractivity contribution is -0.176. The summed E-state index contributed by atoms with van der Waals surface area (Å²) in [5, 5.41) is 3.90. The highest BCUT2D eigenvalue weighted by molar-refractivity contribution is 7.84. The Morgan fingerprint density at radius 2 is 2.15 bits per heavy atom. The predicted molar refractivity (Wildman–Crippen MR) is 92.9 cm³/mol. The average molecular weight is 409 g/mol. The van der Waals surface area contributed by atoms with E-state index in [0.717, 1.165) is 11.2 Å². The molecule has 2 aromatic rings. The predicted octanol–water partition coefficient (Wildman–Crippen LogP) is 2.83. The fraction of sp³-hybridized carbons (Fsp3) is 0.400. The standard InChI is InChI=1S/C15H16ClF3N4O2S/c1-3-22(14(24)11(9-26(2)25)15(17,18)19)12-8-23(21-13(12)16)10-5-4-6-20-7-10/h4-8,11H,3,9H2,1-2H3. The first-order valence-corrected chi connectivity index (χ1v) is 9.59. The van der Waals surface area contributed by atoms with Crippen LogP contribution < -0.4 is 4.90 Å². The highest BCUT2D eigenvalue weighted by Crippen LogP contribution is 2.32. The van der Waals surface area contributed by atoms with Crippen molar-refractivity contribution in [3.63, 3.8) is 0 Å². The van der Waals surface area contributed by atoms with Crippen molar-refractivity contribution in [1.82, 2.24) is 14.8 Å². The number of alkyl halides is 3. The molecule has 0 aliphatic heterocycles. The number of halogens is 4. The lowest BCUT2D eigenvalue weighted by atomic mass is 10.1. The second kappa shape index (κ2) is 8.17. The molecule has 6 nitrogen and oxygen atoms in total. The molecule has 0 aliphatic carbocycles. The lowest BCUT2D eigenvalue weighted by Crippen LogP contribution is -2.45. The molecule has 0 spiro atoms. The minimum absolute atomic E-state index is 0.0409. The Balaban J connectivity index is 2.39. The van der Waals surface area contributed by atoms with E-state index in [-0.39, 0.29) is 17.4 Å². The maximum atomic E-state index is 13.3. The van der Waals surface area contributed by atoms with Gasteiger partial charge in [-0.05, 0) is 19.1 Å². The SMILES string of the molecule is CCN(C(=O)C(CS(C)=O)C(F)(F)F)c1cn(-c2cccnc2)nc1Cl. The maximum absolute atomic E-state index is 13.3. The lowest BCUT2D eigenvalue weighted by Gasteiger charge is -2.26. The molecule has 2 unspecified atom stereocenters. The summed E-state index contributed by atoms with van der Waals surface area (Å²) in [5.74, 6) is -4.42. The fourth-order valence-electron chi connectivity index (χ4n) is 2.32. The van der Waals surface area contributed by atoms with Crippen LogP contribution in [-0.2, 0) is 15.6 Å². The summed E-state index contributed by atoms with van der Waals surface area (Å²) in [4.78, 5) is 17.3. The summed E-state index contributed by atoms with van der Waals surface area (Å²) in [6.45, 7) is 1.46. The molecular weight excluding hydrogens is 393 g/mol. The Kier molecular flexibility index (Phi) is 6.40. The largest absolute Gasteiger partial charge is 0.401 e. The van der Waals surface area contributed by atoms with E-state index in [1.165, 1.54) is 24.0 Å². The molecule has 0 bridgehead atoms. The third-order valence-corrected chi connectivity index (χ3v) is 4.60. The number of rotatable bonds is 6. The molecular formula is C15H16ClF3N4O2S. The molecule has 0 aliphatic rings. The van der Waals surface area contributed by atoms with Crippen LogP contribution in [0.2, 0.25) is 5.15 Å². The fourth-order valence-corrected chi connectivity index (χ4v) is 3.35. The first-order chi connectivity index (χ1) is 12.1. The Bertz CT molecular complexity index is 798. The normalized spacial score (nSPS) is 14.1. The second-order valence-corrected chi connectivity index (χ2v) is 7.22. The number of hydrogen-bond donors (Lipinski definition) is 0. The van der Waals surface area contributed by atoms with Gasteiger partial charge in [0.05, 0.1) is 18.1 Å². The number of nitrogens with zero attached hydrogens (tertiary/aromatic N) is 4. The van der Waals surface area contributed by atoms with E-state index in [1.54, 1.807) is 18.3 Å². The smallest absolute Gasteiger partial charge is 0.308 e. The van der Waals surface area contributed by atoms with Gasteiger partial charge >= 0.3 is 6.18 Å². The summed E-state index contributed by atoms with van der Waals surface area (Å²) in [6.07, 6.45) is 0.703. The quantitative estimate of drug-likeness (QED) is 0.737. The highest BCUT2D eigenvalue weighted by atomic mass is 35.5. The van der Waals surface area contributed by atoms with Crippen LogP contribution in [0.4, 0.5) is 18.9 Å². The summed E-state index contributed by atoms with van der Waals surface area (Å²) < 4.78 is 52.4. The molecule has 26 heavy (non-hydrogen) atoms. The van der Waals surface area contributed by atoms with Gasteiger partial charge in [-0.2, -0.15) is 18.3 Å². The molecule has 142 valence electrons. The number of hydrogen-bond acceptors (Lipinski definition) is 4. The minimum Gasteiger partial charge on any atom is -0.308 e. The Morgan fingerprint density at radius 3 is 2.65 bits per heavy atom. The number of carbonyl (C=O) groups excluding carboxylic acids is 1. The van der Waals surface area contributed by atoms with Crippen LogP contribution in [0, 0.1) is 5.92 Å². The van der Waals surface area contributed by atoms with Crippen molar-refractivity contribution in [3.05, 3.63) is 35.9 Å². The zero-order valence-corrected chi connectivity index (χ0v) is 15.5. The molecule has 2 atom stereocenters. The van der Waals surface area contributed by atoms with Gasteiger partial charge in [-0.25, -0.2) is 4.68 Å². The molecule has 11 heteroatoms.